The molecule has 0 spiro atoms. The lowest BCUT2D eigenvalue weighted by molar-refractivity contribution is -0.138. The first-order valence-electron chi connectivity index (χ1n) is 5.98. The van der Waals surface area contributed by atoms with Gasteiger partial charge in [-0.05, 0) is 18.6 Å². The van der Waals surface area contributed by atoms with Crippen molar-refractivity contribution < 1.29 is 19.4 Å². The number of benzene rings is 1. The van der Waals surface area contributed by atoms with Gasteiger partial charge in [0.15, 0.2) is 0 Å². The van der Waals surface area contributed by atoms with Gasteiger partial charge in [-0.25, -0.2) is 0 Å². The highest BCUT2D eigenvalue weighted by Crippen LogP contribution is 2.08. The number of carboxylic acid groups (broad SMARTS) is 1. The average Bonchev–Trinajstić information content (AvgIpc) is 2.34. The summed E-state index contributed by atoms with van der Waals surface area (Å²) in [7, 11) is 0. The van der Waals surface area contributed by atoms with Gasteiger partial charge in [0.25, 0.3) is 0 Å². The molecular weight excluding hydrogens is 248 g/mol. The van der Waals surface area contributed by atoms with Crippen LogP contribution in [0.15, 0.2) is 30.3 Å². The number of para-hydroxylation sites is 1. The molecule has 1 amide bonds. The van der Waals surface area contributed by atoms with Gasteiger partial charge < -0.3 is 15.6 Å². The van der Waals surface area contributed by atoms with Gasteiger partial charge in [-0.2, -0.15) is 0 Å². The molecule has 0 saturated carbocycles. The van der Waals surface area contributed by atoms with E-state index in [9.17, 15) is 9.59 Å². The third kappa shape index (κ3) is 7.05. The number of primary amides is 1. The molecule has 104 valence electrons. The maximum Gasteiger partial charge on any atom is 0.317 e. The molecule has 0 bridgehead atoms. The van der Waals surface area contributed by atoms with Crippen molar-refractivity contribution in [3.63, 3.8) is 0 Å². The number of nitrogens with two attached hydrogens (primary N) is 1. The second-order valence-electron chi connectivity index (χ2n) is 4.09. The lowest BCUT2D eigenvalue weighted by Crippen LogP contribution is -2.38. The summed E-state index contributed by atoms with van der Waals surface area (Å²) < 4.78 is 5.48. The highest BCUT2D eigenvalue weighted by atomic mass is 16.5. The van der Waals surface area contributed by atoms with E-state index in [-0.39, 0.29) is 13.1 Å². The van der Waals surface area contributed by atoms with Gasteiger partial charge >= 0.3 is 5.97 Å². The van der Waals surface area contributed by atoms with E-state index in [4.69, 9.17) is 15.6 Å². The number of carbonyl (C=O) groups excluding carboxylic acids is 1. The van der Waals surface area contributed by atoms with Crippen LogP contribution in [0.4, 0.5) is 0 Å². The van der Waals surface area contributed by atoms with E-state index in [0.717, 1.165) is 5.75 Å². The van der Waals surface area contributed by atoms with Gasteiger partial charge in [0, 0.05) is 6.54 Å². The van der Waals surface area contributed by atoms with Gasteiger partial charge in [0.2, 0.25) is 5.91 Å². The SMILES string of the molecule is NC(=O)CN(CCCOc1ccccc1)CC(=O)O. The van der Waals surface area contributed by atoms with Crippen LogP contribution >= 0.6 is 0 Å². The fourth-order valence-electron chi connectivity index (χ4n) is 1.62. The van der Waals surface area contributed by atoms with Crippen LogP contribution in [0.5, 0.6) is 5.75 Å². The number of rotatable bonds is 9. The summed E-state index contributed by atoms with van der Waals surface area (Å²) >= 11 is 0. The van der Waals surface area contributed by atoms with Crippen LogP contribution in [0.25, 0.3) is 0 Å². The van der Waals surface area contributed by atoms with Crippen molar-refractivity contribution in [3.8, 4) is 5.75 Å². The zero-order valence-electron chi connectivity index (χ0n) is 10.6. The van der Waals surface area contributed by atoms with E-state index in [0.29, 0.717) is 19.6 Å². The number of hydrogen-bond donors (Lipinski definition) is 2. The van der Waals surface area contributed by atoms with Gasteiger partial charge in [-0.15, -0.1) is 0 Å². The smallest absolute Gasteiger partial charge is 0.317 e. The number of aliphatic carboxylic acids is 1. The van der Waals surface area contributed by atoms with Gasteiger partial charge in [0.05, 0.1) is 19.7 Å². The molecule has 0 aliphatic heterocycles. The summed E-state index contributed by atoms with van der Waals surface area (Å²) in [6.07, 6.45) is 0.620. The Bertz CT molecular complexity index is 392. The number of amides is 1. The van der Waals surface area contributed by atoms with Crippen molar-refractivity contribution in [2.75, 3.05) is 26.2 Å². The van der Waals surface area contributed by atoms with E-state index in [1.807, 2.05) is 30.3 Å². The Hall–Kier alpha value is -2.08. The molecule has 0 atom stereocenters. The Morgan fingerprint density at radius 1 is 1.21 bits per heavy atom. The average molecular weight is 266 g/mol. The zero-order valence-corrected chi connectivity index (χ0v) is 10.6. The van der Waals surface area contributed by atoms with Crippen molar-refractivity contribution in [1.82, 2.24) is 4.90 Å². The Kier molecular flexibility index (Phi) is 6.38. The molecule has 0 saturated heterocycles. The first kappa shape index (κ1) is 15.0. The van der Waals surface area contributed by atoms with E-state index >= 15 is 0 Å². The van der Waals surface area contributed by atoms with E-state index in [1.54, 1.807) is 0 Å². The van der Waals surface area contributed by atoms with Crippen LogP contribution in [0.2, 0.25) is 0 Å². The Morgan fingerprint density at radius 3 is 2.47 bits per heavy atom. The van der Waals surface area contributed by atoms with Crippen LogP contribution in [-0.4, -0.2) is 48.1 Å². The fourth-order valence-corrected chi connectivity index (χ4v) is 1.62. The lowest BCUT2D eigenvalue weighted by Gasteiger charge is -2.18. The topological polar surface area (TPSA) is 92.9 Å². The summed E-state index contributed by atoms with van der Waals surface area (Å²) in [4.78, 5) is 22.9. The number of carbonyl (C=O) groups is 2. The molecule has 6 nitrogen and oxygen atoms in total. The molecule has 1 aromatic carbocycles. The van der Waals surface area contributed by atoms with E-state index in [2.05, 4.69) is 0 Å². The molecule has 0 aromatic heterocycles. The highest BCUT2D eigenvalue weighted by Gasteiger charge is 2.11. The lowest BCUT2D eigenvalue weighted by atomic mass is 10.3. The largest absolute Gasteiger partial charge is 0.494 e. The third-order valence-electron chi connectivity index (χ3n) is 2.37. The predicted octanol–water partition coefficient (Wildman–Crippen LogP) is 0.327. The Balaban J connectivity index is 2.27. The van der Waals surface area contributed by atoms with Crippen LogP contribution in [0.3, 0.4) is 0 Å². The third-order valence-corrected chi connectivity index (χ3v) is 2.37. The number of ether oxygens (including phenoxy) is 1. The van der Waals surface area contributed by atoms with Crippen LogP contribution in [-0.2, 0) is 9.59 Å². The van der Waals surface area contributed by atoms with Gasteiger partial charge in [-0.3, -0.25) is 14.5 Å². The molecule has 1 aromatic rings. The predicted molar refractivity (Wildman–Crippen MR) is 69.8 cm³/mol. The van der Waals surface area contributed by atoms with Crippen LogP contribution in [0.1, 0.15) is 6.42 Å². The second-order valence-corrected chi connectivity index (χ2v) is 4.09. The van der Waals surface area contributed by atoms with Crippen molar-refractivity contribution in [3.05, 3.63) is 30.3 Å². The summed E-state index contributed by atoms with van der Waals surface area (Å²) in [6.45, 7) is 0.646. The van der Waals surface area contributed by atoms with Gasteiger partial charge in [0.1, 0.15) is 5.75 Å². The maximum absolute atomic E-state index is 10.8. The molecule has 0 fully saturated rings. The summed E-state index contributed by atoms with van der Waals surface area (Å²) in [5, 5.41) is 8.71. The normalized spacial score (nSPS) is 10.4. The van der Waals surface area contributed by atoms with Crippen molar-refractivity contribution >= 4 is 11.9 Å². The Labute approximate surface area is 111 Å². The number of carboxylic acids is 1. The zero-order chi connectivity index (χ0) is 14.1. The summed E-state index contributed by atoms with van der Waals surface area (Å²) in [5.41, 5.74) is 5.06. The van der Waals surface area contributed by atoms with Gasteiger partial charge in [-0.1, -0.05) is 18.2 Å². The Morgan fingerprint density at radius 2 is 1.89 bits per heavy atom. The molecule has 19 heavy (non-hydrogen) atoms. The number of hydrogen-bond acceptors (Lipinski definition) is 4. The van der Waals surface area contributed by atoms with Crippen LogP contribution < -0.4 is 10.5 Å². The van der Waals surface area contributed by atoms with E-state index in [1.165, 1.54) is 4.90 Å². The molecule has 1 rings (SSSR count). The van der Waals surface area contributed by atoms with Crippen molar-refractivity contribution in [2.24, 2.45) is 5.73 Å². The summed E-state index contributed by atoms with van der Waals surface area (Å²) in [5.74, 6) is -0.752. The molecule has 3 N–H and O–H groups in total. The molecule has 0 aliphatic carbocycles. The minimum atomic E-state index is -0.981. The number of nitrogens with zero attached hydrogens (tertiary/aromatic N) is 1. The quantitative estimate of drug-likeness (QED) is 0.628. The minimum Gasteiger partial charge on any atom is -0.494 e. The van der Waals surface area contributed by atoms with E-state index < -0.39 is 11.9 Å². The molecule has 0 radical (unpaired) electrons. The molecule has 0 unspecified atom stereocenters. The van der Waals surface area contributed by atoms with Crippen molar-refractivity contribution in [1.29, 1.82) is 0 Å². The molecular formula is C13H18N2O4. The molecule has 6 heteroatoms. The van der Waals surface area contributed by atoms with Crippen LogP contribution in [0, 0.1) is 0 Å². The second kappa shape index (κ2) is 8.10. The molecule has 0 aliphatic rings. The molecule has 0 heterocycles. The standard InChI is InChI=1S/C13H18N2O4/c14-12(16)9-15(10-13(17)18)7-4-8-19-11-5-2-1-3-6-11/h1-3,5-6H,4,7-10H2,(H2,14,16)(H,17,18). The first-order valence-corrected chi connectivity index (χ1v) is 5.98. The minimum absolute atomic E-state index is 0.0579. The van der Waals surface area contributed by atoms with Crippen molar-refractivity contribution in [2.45, 2.75) is 6.42 Å². The first-order chi connectivity index (χ1) is 9.08. The highest BCUT2D eigenvalue weighted by molar-refractivity contribution is 5.77. The summed E-state index contributed by atoms with van der Waals surface area (Å²) in [6, 6.07) is 9.34. The fraction of sp³-hybridized carbons (Fsp3) is 0.385. The monoisotopic (exact) mass is 266 g/mol. The maximum atomic E-state index is 10.8.